The van der Waals surface area contributed by atoms with E-state index in [0.717, 1.165) is 17.7 Å². The fourth-order valence-corrected chi connectivity index (χ4v) is 1.83. The highest BCUT2D eigenvalue weighted by molar-refractivity contribution is 6.04. The van der Waals surface area contributed by atoms with Crippen LogP contribution < -0.4 is 5.32 Å². The second-order valence-electron chi connectivity index (χ2n) is 4.50. The van der Waals surface area contributed by atoms with Gasteiger partial charge in [-0.15, -0.1) is 0 Å². The second kappa shape index (κ2) is 5.57. The summed E-state index contributed by atoms with van der Waals surface area (Å²) in [7, 11) is 0. The third-order valence-corrected chi connectivity index (χ3v) is 3.09. The van der Waals surface area contributed by atoms with Crippen LogP contribution in [0, 0.1) is 6.92 Å². The smallest absolute Gasteiger partial charge is 0.255 e. The average molecular weight is 255 g/mol. The molecule has 0 bridgehead atoms. The van der Waals surface area contributed by atoms with Crippen LogP contribution in [0.4, 0.5) is 5.69 Å². The van der Waals surface area contributed by atoms with Crippen molar-refractivity contribution in [3.05, 3.63) is 59.2 Å². The predicted molar refractivity (Wildman–Crippen MR) is 76.6 cm³/mol. The van der Waals surface area contributed by atoms with Crippen LogP contribution in [0.15, 0.2) is 42.5 Å². The van der Waals surface area contributed by atoms with E-state index in [-0.39, 0.29) is 11.7 Å². The highest BCUT2D eigenvalue weighted by Crippen LogP contribution is 2.19. The van der Waals surface area contributed by atoms with Crippen molar-refractivity contribution < 1.29 is 9.90 Å². The first-order valence-electron chi connectivity index (χ1n) is 6.30. The molecular weight excluding hydrogens is 238 g/mol. The van der Waals surface area contributed by atoms with Crippen LogP contribution in [0.2, 0.25) is 0 Å². The maximum Gasteiger partial charge on any atom is 0.255 e. The Balaban J connectivity index is 2.21. The fraction of sp³-hybridized carbons (Fsp3) is 0.188. The summed E-state index contributed by atoms with van der Waals surface area (Å²) in [5, 5.41) is 12.1. The summed E-state index contributed by atoms with van der Waals surface area (Å²) in [6, 6.07) is 12.3. The number of nitrogens with one attached hydrogen (secondary N) is 1. The van der Waals surface area contributed by atoms with E-state index < -0.39 is 0 Å². The zero-order valence-electron chi connectivity index (χ0n) is 11.1. The highest BCUT2D eigenvalue weighted by Gasteiger charge is 2.08. The number of benzene rings is 2. The largest absolute Gasteiger partial charge is 0.508 e. The summed E-state index contributed by atoms with van der Waals surface area (Å²) < 4.78 is 0. The minimum Gasteiger partial charge on any atom is -0.508 e. The van der Waals surface area contributed by atoms with Crippen LogP contribution in [0.5, 0.6) is 5.75 Å². The van der Waals surface area contributed by atoms with E-state index in [9.17, 15) is 9.90 Å². The predicted octanol–water partition coefficient (Wildman–Crippen LogP) is 3.52. The summed E-state index contributed by atoms with van der Waals surface area (Å²) in [5.41, 5.74) is 3.58. The standard InChI is InChI=1S/C16H17NO2/c1-3-12-5-4-11(2)15(10-12)17-16(19)13-6-8-14(18)9-7-13/h4-10,18H,3H2,1-2H3,(H,17,19). The zero-order valence-corrected chi connectivity index (χ0v) is 11.1. The van der Waals surface area contributed by atoms with E-state index in [1.54, 1.807) is 12.1 Å². The molecule has 0 aliphatic carbocycles. The number of aromatic hydroxyl groups is 1. The van der Waals surface area contributed by atoms with Crippen molar-refractivity contribution >= 4 is 11.6 Å². The minimum absolute atomic E-state index is 0.153. The summed E-state index contributed by atoms with van der Waals surface area (Å²) in [4.78, 5) is 12.1. The van der Waals surface area contributed by atoms with Gasteiger partial charge in [-0.2, -0.15) is 0 Å². The summed E-state index contributed by atoms with van der Waals surface area (Å²) in [6.45, 7) is 4.04. The molecule has 2 N–H and O–H groups in total. The molecule has 2 rings (SSSR count). The summed E-state index contributed by atoms with van der Waals surface area (Å²) >= 11 is 0. The molecule has 1 amide bonds. The third-order valence-electron chi connectivity index (χ3n) is 3.09. The van der Waals surface area contributed by atoms with Gasteiger partial charge in [-0.05, 0) is 54.8 Å². The first-order valence-corrected chi connectivity index (χ1v) is 6.30. The van der Waals surface area contributed by atoms with Crippen LogP contribution in [-0.2, 0) is 6.42 Å². The normalized spacial score (nSPS) is 10.2. The number of carbonyl (C=O) groups is 1. The first kappa shape index (κ1) is 13.1. The summed E-state index contributed by atoms with van der Waals surface area (Å²) in [6.07, 6.45) is 0.933. The number of amides is 1. The zero-order chi connectivity index (χ0) is 13.8. The molecule has 0 saturated carbocycles. The van der Waals surface area contributed by atoms with Gasteiger partial charge in [0.2, 0.25) is 0 Å². The van der Waals surface area contributed by atoms with Crippen molar-refractivity contribution in [1.29, 1.82) is 0 Å². The topological polar surface area (TPSA) is 49.3 Å². The molecule has 2 aromatic rings. The van der Waals surface area contributed by atoms with E-state index in [1.807, 2.05) is 19.1 Å². The number of phenolic OH excluding ortho intramolecular Hbond substituents is 1. The lowest BCUT2D eigenvalue weighted by Gasteiger charge is -2.10. The molecule has 0 saturated heterocycles. The van der Waals surface area contributed by atoms with Crippen LogP contribution in [0.1, 0.15) is 28.4 Å². The SMILES string of the molecule is CCc1ccc(C)c(NC(=O)c2ccc(O)cc2)c1. The number of carbonyl (C=O) groups excluding carboxylic acids is 1. The molecule has 3 heteroatoms. The van der Waals surface area contributed by atoms with Crippen molar-refractivity contribution in [3.63, 3.8) is 0 Å². The molecule has 0 aliphatic heterocycles. The van der Waals surface area contributed by atoms with Crippen LogP contribution in [0.3, 0.4) is 0 Å². The number of hydrogen-bond donors (Lipinski definition) is 2. The highest BCUT2D eigenvalue weighted by atomic mass is 16.3. The Hall–Kier alpha value is -2.29. The molecule has 0 unspecified atom stereocenters. The number of anilines is 1. The van der Waals surface area contributed by atoms with Gasteiger partial charge in [-0.1, -0.05) is 19.1 Å². The van der Waals surface area contributed by atoms with Gasteiger partial charge in [0, 0.05) is 11.3 Å². The van der Waals surface area contributed by atoms with Gasteiger partial charge in [-0.3, -0.25) is 4.79 Å². The van der Waals surface area contributed by atoms with Crippen molar-refractivity contribution in [2.45, 2.75) is 20.3 Å². The van der Waals surface area contributed by atoms with Crippen LogP contribution >= 0.6 is 0 Å². The van der Waals surface area contributed by atoms with E-state index >= 15 is 0 Å². The molecule has 0 aromatic heterocycles. The second-order valence-corrected chi connectivity index (χ2v) is 4.50. The van der Waals surface area contributed by atoms with E-state index in [0.29, 0.717) is 5.56 Å². The average Bonchev–Trinajstić information content (AvgIpc) is 2.42. The molecule has 0 fully saturated rings. The van der Waals surface area contributed by atoms with Gasteiger partial charge >= 0.3 is 0 Å². The first-order chi connectivity index (χ1) is 9.10. The number of aryl methyl sites for hydroxylation is 2. The Morgan fingerprint density at radius 2 is 1.84 bits per heavy atom. The molecule has 0 heterocycles. The quantitative estimate of drug-likeness (QED) is 0.881. The number of phenols is 1. The molecule has 0 atom stereocenters. The Morgan fingerprint density at radius 3 is 2.47 bits per heavy atom. The Labute approximate surface area is 112 Å². The number of rotatable bonds is 3. The minimum atomic E-state index is -0.170. The fourth-order valence-electron chi connectivity index (χ4n) is 1.83. The van der Waals surface area contributed by atoms with Gasteiger partial charge in [0.05, 0.1) is 0 Å². The molecule has 2 aromatic carbocycles. The Bertz CT molecular complexity index is 588. The van der Waals surface area contributed by atoms with Gasteiger partial charge in [0.15, 0.2) is 0 Å². The van der Waals surface area contributed by atoms with E-state index in [4.69, 9.17) is 0 Å². The van der Waals surface area contributed by atoms with E-state index in [2.05, 4.69) is 18.3 Å². The van der Waals surface area contributed by atoms with Crippen molar-refractivity contribution in [2.24, 2.45) is 0 Å². The van der Waals surface area contributed by atoms with Crippen LogP contribution in [-0.4, -0.2) is 11.0 Å². The molecule has 3 nitrogen and oxygen atoms in total. The molecular formula is C16H17NO2. The lowest BCUT2D eigenvalue weighted by molar-refractivity contribution is 0.102. The van der Waals surface area contributed by atoms with Crippen molar-refractivity contribution in [1.82, 2.24) is 0 Å². The van der Waals surface area contributed by atoms with Crippen molar-refractivity contribution in [3.8, 4) is 5.75 Å². The van der Waals surface area contributed by atoms with E-state index in [1.165, 1.54) is 17.7 Å². The maximum absolute atomic E-state index is 12.1. The van der Waals surface area contributed by atoms with Crippen molar-refractivity contribution in [2.75, 3.05) is 5.32 Å². The number of hydrogen-bond acceptors (Lipinski definition) is 2. The molecule has 0 radical (unpaired) electrons. The van der Waals surface area contributed by atoms with Gasteiger partial charge in [0.1, 0.15) is 5.75 Å². The van der Waals surface area contributed by atoms with Gasteiger partial charge in [0.25, 0.3) is 5.91 Å². The third kappa shape index (κ3) is 3.13. The summed E-state index contributed by atoms with van der Waals surface area (Å²) in [5.74, 6) is -0.0166. The lowest BCUT2D eigenvalue weighted by atomic mass is 10.1. The molecule has 19 heavy (non-hydrogen) atoms. The molecule has 0 spiro atoms. The van der Waals surface area contributed by atoms with Gasteiger partial charge in [-0.25, -0.2) is 0 Å². The monoisotopic (exact) mass is 255 g/mol. The van der Waals surface area contributed by atoms with Crippen LogP contribution in [0.25, 0.3) is 0 Å². The lowest BCUT2D eigenvalue weighted by Crippen LogP contribution is -2.12. The van der Waals surface area contributed by atoms with Gasteiger partial charge < -0.3 is 10.4 Å². The maximum atomic E-state index is 12.1. The molecule has 0 aliphatic rings. The Kier molecular flexibility index (Phi) is 3.85. The Morgan fingerprint density at radius 1 is 1.16 bits per heavy atom. The molecule has 98 valence electrons.